The highest BCUT2D eigenvalue weighted by Crippen LogP contribution is 2.33. The highest BCUT2D eigenvalue weighted by atomic mass is 35.5. The summed E-state index contributed by atoms with van der Waals surface area (Å²) in [7, 11) is 1.33. The van der Waals surface area contributed by atoms with Gasteiger partial charge in [-0.15, -0.1) is 12.4 Å². The summed E-state index contributed by atoms with van der Waals surface area (Å²) in [4.78, 5) is 33.9. The average molecular weight is 496 g/mol. The summed E-state index contributed by atoms with van der Waals surface area (Å²) in [6.45, 7) is 9.21. The first-order valence-electron chi connectivity index (χ1n) is 10.2. The molecular formula is C23H27Cl2N3O3S. The molecule has 0 radical (unpaired) electrons. The number of hydrogen-bond acceptors (Lipinski definition) is 6. The molecule has 6 nitrogen and oxygen atoms in total. The van der Waals surface area contributed by atoms with Gasteiger partial charge >= 0.3 is 5.97 Å². The SMILES string of the molecule is CCN(CC)CCN(C(=O)c1ccc(C(=O)OC)cc1)c1nc2c(C)cc(Cl)cc2s1.Cl. The molecular weight excluding hydrogens is 469 g/mol. The van der Waals surface area contributed by atoms with Crippen LogP contribution in [0.1, 0.15) is 40.1 Å². The zero-order valence-corrected chi connectivity index (χ0v) is 20.9. The number of rotatable bonds is 8. The van der Waals surface area contributed by atoms with E-state index in [1.54, 1.807) is 29.2 Å². The number of aromatic nitrogens is 1. The fourth-order valence-corrected chi connectivity index (χ4v) is 4.79. The van der Waals surface area contributed by atoms with Gasteiger partial charge in [0.05, 0.1) is 22.9 Å². The predicted molar refractivity (Wildman–Crippen MR) is 134 cm³/mol. The maximum Gasteiger partial charge on any atom is 0.337 e. The minimum Gasteiger partial charge on any atom is -0.465 e. The lowest BCUT2D eigenvalue weighted by molar-refractivity contribution is 0.0600. The molecule has 3 aromatic rings. The summed E-state index contributed by atoms with van der Waals surface area (Å²) < 4.78 is 5.68. The lowest BCUT2D eigenvalue weighted by Crippen LogP contribution is -2.38. The van der Waals surface area contributed by atoms with E-state index in [1.807, 2.05) is 19.1 Å². The summed E-state index contributed by atoms with van der Waals surface area (Å²) >= 11 is 7.67. The third-order valence-electron chi connectivity index (χ3n) is 5.20. The largest absolute Gasteiger partial charge is 0.465 e. The molecule has 1 aromatic heterocycles. The quantitative estimate of drug-likeness (QED) is 0.388. The first kappa shape index (κ1) is 26.1. The standard InChI is InChI=1S/C23H26ClN3O3S.ClH/c1-5-26(6-2)11-12-27(21(28)16-7-9-17(10-8-16)22(29)30-4)23-25-20-15(3)13-18(24)14-19(20)31-23;/h7-10,13-14H,5-6,11-12H2,1-4H3;1H. The molecule has 0 N–H and O–H groups in total. The number of anilines is 1. The van der Waals surface area contributed by atoms with Crippen molar-refractivity contribution in [2.75, 3.05) is 38.2 Å². The second-order valence-electron chi connectivity index (χ2n) is 7.12. The van der Waals surface area contributed by atoms with Crippen molar-refractivity contribution >= 4 is 62.6 Å². The zero-order chi connectivity index (χ0) is 22.5. The molecule has 0 unspecified atom stereocenters. The van der Waals surface area contributed by atoms with Crippen LogP contribution in [0.3, 0.4) is 0 Å². The molecule has 0 aliphatic carbocycles. The number of methoxy groups -OCH3 is 1. The lowest BCUT2D eigenvalue weighted by atomic mass is 10.1. The number of halogens is 2. The van der Waals surface area contributed by atoms with Crippen LogP contribution in [-0.4, -0.2) is 55.0 Å². The van der Waals surface area contributed by atoms with Crippen LogP contribution >= 0.6 is 35.3 Å². The molecule has 172 valence electrons. The highest BCUT2D eigenvalue weighted by molar-refractivity contribution is 7.22. The maximum atomic E-state index is 13.4. The molecule has 0 saturated heterocycles. The predicted octanol–water partition coefficient (Wildman–Crippen LogP) is 5.46. The van der Waals surface area contributed by atoms with Gasteiger partial charge < -0.3 is 9.64 Å². The van der Waals surface area contributed by atoms with Crippen molar-refractivity contribution in [3.8, 4) is 0 Å². The monoisotopic (exact) mass is 495 g/mol. The summed E-state index contributed by atoms with van der Waals surface area (Å²) in [6.07, 6.45) is 0. The maximum absolute atomic E-state index is 13.4. The molecule has 1 amide bonds. The number of fused-ring (bicyclic) bond motifs is 1. The van der Waals surface area contributed by atoms with Crippen molar-refractivity contribution in [2.45, 2.75) is 20.8 Å². The third kappa shape index (κ3) is 5.78. The van der Waals surface area contributed by atoms with Crippen LogP contribution in [0.25, 0.3) is 10.2 Å². The fourth-order valence-electron chi connectivity index (χ4n) is 3.35. The molecule has 0 fully saturated rings. The van der Waals surface area contributed by atoms with E-state index in [0.717, 1.165) is 35.4 Å². The summed E-state index contributed by atoms with van der Waals surface area (Å²) in [5.41, 5.74) is 2.72. The molecule has 1 heterocycles. The van der Waals surface area contributed by atoms with Gasteiger partial charge in [0, 0.05) is 23.7 Å². The molecule has 3 rings (SSSR count). The van der Waals surface area contributed by atoms with Crippen LogP contribution in [-0.2, 0) is 4.74 Å². The molecule has 2 aromatic carbocycles. The van der Waals surface area contributed by atoms with E-state index < -0.39 is 5.97 Å². The lowest BCUT2D eigenvalue weighted by Gasteiger charge is -2.24. The molecule has 9 heteroatoms. The van der Waals surface area contributed by atoms with Gasteiger partial charge in [0.15, 0.2) is 5.13 Å². The number of carbonyl (C=O) groups is 2. The Bertz CT molecular complexity index is 1080. The molecule has 0 saturated carbocycles. The van der Waals surface area contributed by atoms with Crippen LogP contribution < -0.4 is 4.90 Å². The Hall–Kier alpha value is -2.19. The number of carbonyl (C=O) groups excluding carboxylic acids is 2. The Morgan fingerprint density at radius 3 is 2.28 bits per heavy atom. The topological polar surface area (TPSA) is 62.7 Å². The minimum atomic E-state index is -0.434. The number of thiazole rings is 1. The van der Waals surface area contributed by atoms with Crippen LogP contribution in [0.4, 0.5) is 5.13 Å². The number of likely N-dealkylation sites (N-methyl/N-ethyl adjacent to an activating group) is 1. The van der Waals surface area contributed by atoms with E-state index in [9.17, 15) is 9.59 Å². The van der Waals surface area contributed by atoms with Crippen molar-refractivity contribution in [2.24, 2.45) is 0 Å². The van der Waals surface area contributed by atoms with Gasteiger partial charge in [-0.1, -0.05) is 36.8 Å². The zero-order valence-electron chi connectivity index (χ0n) is 18.6. The first-order valence-corrected chi connectivity index (χ1v) is 11.4. The van der Waals surface area contributed by atoms with E-state index in [0.29, 0.717) is 27.8 Å². The van der Waals surface area contributed by atoms with Crippen molar-refractivity contribution in [1.82, 2.24) is 9.88 Å². The Kier molecular flexibility index (Phi) is 9.46. The van der Waals surface area contributed by atoms with E-state index in [4.69, 9.17) is 21.3 Å². The van der Waals surface area contributed by atoms with Crippen molar-refractivity contribution in [1.29, 1.82) is 0 Å². The van der Waals surface area contributed by atoms with Gasteiger partial charge in [-0.3, -0.25) is 9.69 Å². The summed E-state index contributed by atoms with van der Waals surface area (Å²) in [5, 5.41) is 1.29. The number of amides is 1. The van der Waals surface area contributed by atoms with E-state index in [1.165, 1.54) is 18.4 Å². The van der Waals surface area contributed by atoms with Crippen molar-refractivity contribution < 1.29 is 14.3 Å². The first-order chi connectivity index (χ1) is 14.9. The Morgan fingerprint density at radius 1 is 1.06 bits per heavy atom. The third-order valence-corrected chi connectivity index (χ3v) is 6.45. The smallest absolute Gasteiger partial charge is 0.337 e. The van der Waals surface area contributed by atoms with E-state index >= 15 is 0 Å². The Labute approximate surface area is 203 Å². The van der Waals surface area contributed by atoms with Crippen molar-refractivity contribution in [3.05, 3.63) is 58.1 Å². The van der Waals surface area contributed by atoms with Gasteiger partial charge in [0.1, 0.15) is 0 Å². The van der Waals surface area contributed by atoms with E-state index in [-0.39, 0.29) is 18.3 Å². The summed E-state index contributed by atoms with van der Waals surface area (Å²) in [6, 6.07) is 10.3. The summed E-state index contributed by atoms with van der Waals surface area (Å²) in [5.74, 6) is -0.595. The second-order valence-corrected chi connectivity index (χ2v) is 8.56. The highest BCUT2D eigenvalue weighted by Gasteiger charge is 2.23. The number of ether oxygens (including phenoxy) is 1. The van der Waals surface area contributed by atoms with Gasteiger partial charge in [0.25, 0.3) is 5.91 Å². The molecule has 0 bridgehead atoms. The van der Waals surface area contributed by atoms with Gasteiger partial charge in [-0.05, 0) is 62.0 Å². The fraction of sp³-hybridized carbons (Fsp3) is 0.348. The van der Waals surface area contributed by atoms with Crippen LogP contribution in [0.15, 0.2) is 36.4 Å². The Balaban J connectivity index is 0.00000363. The normalized spacial score (nSPS) is 10.8. The average Bonchev–Trinajstić information content (AvgIpc) is 3.20. The van der Waals surface area contributed by atoms with Gasteiger partial charge in [0.2, 0.25) is 0 Å². The molecule has 0 aliphatic heterocycles. The van der Waals surface area contributed by atoms with Crippen LogP contribution in [0.5, 0.6) is 0 Å². The van der Waals surface area contributed by atoms with Gasteiger partial charge in [-0.2, -0.15) is 0 Å². The number of esters is 1. The van der Waals surface area contributed by atoms with Crippen LogP contribution in [0, 0.1) is 6.92 Å². The molecule has 0 aliphatic rings. The minimum absolute atomic E-state index is 0. The number of hydrogen-bond donors (Lipinski definition) is 0. The number of nitrogens with zero attached hydrogens (tertiary/aromatic N) is 3. The van der Waals surface area contributed by atoms with Crippen molar-refractivity contribution in [3.63, 3.8) is 0 Å². The Morgan fingerprint density at radius 2 is 1.69 bits per heavy atom. The van der Waals surface area contributed by atoms with E-state index in [2.05, 4.69) is 18.7 Å². The molecule has 32 heavy (non-hydrogen) atoms. The molecule has 0 spiro atoms. The number of aryl methyl sites for hydroxylation is 1. The van der Waals surface area contributed by atoms with Crippen LogP contribution in [0.2, 0.25) is 5.02 Å². The van der Waals surface area contributed by atoms with Gasteiger partial charge in [-0.25, -0.2) is 9.78 Å². The second kappa shape index (κ2) is 11.6. The molecule has 0 atom stereocenters. The number of benzene rings is 2.